The summed E-state index contributed by atoms with van der Waals surface area (Å²) in [6.07, 6.45) is 0.385. The number of nitrogen functional groups attached to an aromatic ring is 1. The van der Waals surface area contributed by atoms with Crippen molar-refractivity contribution in [2.45, 2.75) is 6.42 Å². The van der Waals surface area contributed by atoms with Crippen LogP contribution in [0.3, 0.4) is 0 Å². The Labute approximate surface area is 208 Å². The lowest BCUT2D eigenvalue weighted by molar-refractivity contribution is 0.313. The van der Waals surface area contributed by atoms with E-state index in [-0.39, 0.29) is 17.3 Å². The number of nitrogens with two attached hydrogens (primary N) is 1. The second kappa shape index (κ2) is 9.71. The fraction of sp³-hybridized carbons (Fsp3) is 0.222. The number of aromatic nitrogens is 3. The molecule has 5 N–H and O–H groups in total. The van der Waals surface area contributed by atoms with Crippen LogP contribution in [0, 0.1) is 5.41 Å². The third kappa shape index (κ3) is 4.60. The standard InChI is InChI=1S/C27H29N7O2/c1-32-11-13-33(14-12-32)19-7-9-20(10-8-19)34-26(30-31-27(34)36)22-16-21(24(29)17-25(22)35)23(28)15-18-5-3-2-4-6-18/h2-10,16-17,28,35H,11-15,29H2,1H3,(H,31,36). The smallest absolute Gasteiger partial charge is 0.348 e. The Morgan fingerprint density at radius 3 is 2.39 bits per heavy atom. The number of rotatable bonds is 6. The molecule has 36 heavy (non-hydrogen) atoms. The van der Waals surface area contributed by atoms with Gasteiger partial charge in [0, 0.05) is 61.3 Å². The van der Waals surface area contributed by atoms with Gasteiger partial charge in [-0.2, -0.15) is 5.10 Å². The maximum atomic E-state index is 12.8. The minimum atomic E-state index is -0.422. The predicted octanol–water partition coefficient (Wildman–Crippen LogP) is 2.88. The SMILES string of the molecule is CN1CCN(c2ccc(-n3c(-c4cc(C(=N)Cc5ccccc5)c(N)cc4O)n[nH]c3=O)cc2)CC1. The molecule has 9 nitrogen and oxygen atoms in total. The molecule has 1 aliphatic heterocycles. The van der Waals surface area contributed by atoms with E-state index in [9.17, 15) is 9.90 Å². The summed E-state index contributed by atoms with van der Waals surface area (Å²) in [7, 11) is 2.12. The lowest BCUT2D eigenvalue weighted by atomic mass is 9.98. The first kappa shape index (κ1) is 23.4. The Hall–Kier alpha value is -4.37. The lowest BCUT2D eigenvalue weighted by Crippen LogP contribution is -2.44. The van der Waals surface area contributed by atoms with E-state index in [1.165, 1.54) is 10.6 Å². The van der Waals surface area contributed by atoms with Crippen molar-refractivity contribution in [1.29, 1.82) is 5.41 Å². The molecule has 0 saturated carbocycles. The van der Waals surface area contributed by atoms with Gasteiger partial charge in [-0.05, 0) is 42.9 Å². The van der Waals surface area contributed by atoms with E-state index in [2.05, 4.69) is 27.0 Å². The van der Waals surface area contributed by atoms with Crippen LogP contribution in [0.15, 0.2) is 71.5 Å². The number of benzene rings is 3. The topological polar surface area (TPSA) is 127 Å². The molecule has 1 fully saturated rings. The number of hydrogen-bond donors (Lipinski definition) is 4. The van der Waals surface area contributed by atoms with E-state index in [1.807, 2.05) is 54.6 Å². The van der Waals surface area contributed by atoms with Crippen molar-refractivity contribution in [3.63, 3.8) is 0 Å². The van der Waals surface area contributed by atoms with E-state index in [1.54, 1.807) is 6.07 Å². The highest BCUT2D eigenvalue weighted by Crippen LogP contribution is 2.33. The molecular formula is C27H29N7O2. The van der Waals surface area contributed by atoms with Gasteiger partial charge in [0.25, 0.3) is 0 Å². The maximum absolute atomic E-state index is 12.8. The van der Waals surface area contributed by atoms with Crippen molar-refractivity contribution in [1.82, 2.24) is 19.7 Å². The van der Waals surface area contributed by atoms with Gasteiger partial charge >= 0.3 is 5.69 Å². The largest absolute Gasteiger partial charge is 0.507 e. The number of anilines is 2. The molecule has 0 aliphatic carbocycles. The number of H-pyrrole nitrogens is 1. The number of phenols is 1. The predicted molar refractivity (Wildman–Crippen MR) is 142 cm³/mol. The van der Waals surface area contributed by atoms with Crippen LogP contribution in [0.5, 0.6) is 5.75 Å². The Morgan fingerprint density at radius 1 is 1.03 bits per heavy atom. The molecule has 0 amide bonds. The first-order valence-corrected chi connectivity index (χ1v) is 11.9. The zero-order valence-electron chi connectivity index (χ0n) is 20.1. The molecule has 0 bridgehead atoms. The summed E-state index contributed by atoms with van der Waals surface area (Å²) in [6, 6.07) is 20.4. The quantitative estimate of drug-likeness (QED) is 0.247. The van der Waals surface area contributed by atoms with E-state index < -0.39 is 5.69 Å². The number of aromatic hydroxyl groups is 1. The molecule has 0 radical (unpaired) electrons. The molecule has 1 aromatic heterocycles. The summed E-state index contributed by atoms with van der Waals surface area (Å²) >= 11 is 0. The summed E-state index contributed by atoms with van der Waals surface area (Å²) in [4.78, 5) is 17.4. The van der Waals surface area contributed by atoms with Gasteiger partial charge < -0.3 is 26.0 Å². The summed E-state index contributed by atoms with van der Waals surface area (Å²) in [5.41, 5.74) is 9.84. The normalized spacial score (nSPS) is 14.2. The molecule has 1 aliphatic rings. The minimum Gasteiger partial charge on any atom is -0.507 e. The zero-order valence-corrected chi connectivity index (χ0v) is 20.1. The monoisotopic (exact) mass is 483 g/mol. The van der Waals surface area contributed by atoms with Crippen molar-refractivity contribution in [3.8, 4) is 22.8 Å². The molecule has 2 heterocycles. The van der Waals surface area contributed by atoms with Crippen LogP contribution < -0.4 is 16.3 Å². The van der Waals surface area contributed by atoms with Crippen molar-refractivity contribution in [2.24, 2.45) is 0 Å². The minimum absolute atomic E-state index is 0.113. The highest BCUT2D eigenvalue weighted by molar-refractivity contribution is 6.05. The van der Waals surface area contributed by atoms with Crippen molar-refractivity contribution < 1.29 is 5.11 Å². The summed E-state index contributed by atoms with van der Waals surface area (Å²) in [6.45, 7) is 3.91. The molecule has 5 rings (SSSR count). The van der Waals surface area contributed by atoms with E-state index in [0.717, 1.165) is 37.4 Å². The molecule has 184 valence electrons. The highest BCUT2D eigenvalue weighted by Gasteiger charge is 2.20. The van der Waals surface area contributed by atoms with Crippen LogP contribution in [-0.2, 0) is 6.42 Å². The Kier molecular flexibility index (Phi) is 6.30. The molecule has 3 aromatic carbocycles. The number of nitrogens with one attached hydrogen (secondary N) is 2. The van der Waals surface area contributed by atoms with Gasteiger partial charge in [-0.15, -0.1) is 0 Å². The van der Waals surface area contributed by atoms with Crippen LogP contribution in [0.2, 0.25) is 0 Å². The summed E-state index contributed by atoms with van der Waals surface area (Å²) in [5, 5.41) is 26.0. The third-order valence-electron chi connectivity index (χ3n) is 6.61. The van der Waals surface area contributed by atoms with E-state index in [0.29, 0.717) is 28.9 Å². The average molecular weight is 484 g/mol. The second-order valence-electron chi connectivity index (χ2n) is 9.09. The van der Waals surface area contributed by atoms with Crippen LogP contribution in [-0.4, -0.2) is 63.7 Å². The van der Waals surface area contributed by atoms with E-state index in [4.69, 9.17) is 11.1 Å². The first-order chi connectivity index (χ1) is 17.4. The van der Waals surface area contributed by atoms with Crippen molar-refractivity contribution in [3.05, 3.63) is 88.3 Å². The van der Waals surface area contributed by atoms with Crippen LogP contribution in [0.25, 0.3) is 17.1 Å². The molecule has 9 heteroatoms. The number of hydrogen-bond acceptors (Lipinski definition) is 7. The van der Waals surface area contributed by atoms with Gasteiger partial charge in [0.2, 0.25) is 0 Å². The molecular weight excluding hydrogens is 454 g/mol. The summed E-state index contributed by atoms with van der Waals surface area (Å²) < 4.78 is 1.42. The molecule has 0 unspecified atom stereocenters. The Bertz CT molecular complexity index is 1430. The number of phenolic OH excluding ortho intramolecular Hbond substituents is 1. The van der Waals surface area contributed by atoms with Crippen LogP contribution >= 0.6 is 0 Å². The van der Waals surface area contributed by atoms with Gasteiger partial charge in [-0.3, -0.25) is 0 Å². The second-order valence-corrected chi connectivity index (χ2v) is 9.09. The molecule has 4 aromatic rings. The third-order valence-corrected chi connectivity index (χ3v) is 6.61. The number of likely N-dealkylation sites (N-methyl/N-ethyl adjacent to an activating group) is 1. The lowest BCUT2D eigenvalue weighted by Gasteiger charge is -2.34. The van der Waals surface area contributed by atoms with Gasteiger partial charge in [-0.1, -0.05) is 30.3 Å². The Balaban J connectivity index is 1.48. The summed E-state index contributed by atoms with van der Waals surface area (Å²) in [5.74, 6) is 0.136. The van der Waals surface area contributed by atoms with Gasteiger partial charge in [0.15, 0.2) is 5.82 Å². The Morgan fingerprint density at radius 2 is 1.69 bits per heavy atom. The van der Waals surface area contributed by atoms with Gasteiger partial charge in [-0.25, -0.2) is 14.5 Å². The number of aromatic amines is 1. The van der Waals surface area contributed by atoms with E-state index >= 15 is 0 Å². The zero-order chi connectivity index (χ0) is 25.2. The van der Waals surface area contributed by atoms with Crippen LogP contribution in [0.4, 0.5) is 11.4 Å². The van der Waals surface area contributed by atoms with Gasteiger partial charge in [0.1, 0.15) is 5.75 Å². The maximum Gasteiger partial charge on any atom is 0.348 e. The number of piperazine rings is 1. The van der Waals surface area contributed by atoms with Crippen molar-refractivity contribution in [2.75, 3.05) is 43.9 Å². The first-order valence-electron chi connectivity index (χ1n) is 11.9. The fourth-order valence-electron chi connectivity index (χ4n) is 4.53. The van der Waals surface area contributed by atoms with Crippen LogP contribution in [0.1, 0.15) is 11.1 Å². The average Bonchev–Trinajstić information content (AvgIpc) is 3.26. The number of nitrogens with zero attached hydrogens (tertiary/aromatic N) is 4. The van der Waals surface area contributed by atoms with Crippen molar-refractivity contribution >= 4 is 17.1 Å². The fourth-order valence-corrected chi connectivity index (χ4v) is 4.53. The molecule has 1 saturated heterocycles. The highest BCUT2D eigenvalue weighted by atomic mass is 16.3. The molecule has 0 atom stereocenters. The molecule has 0 spiro atoms. The van der Waals surface area contributed by atoms with Gasteiger partial charge in [0.05, 0.1) is 11.3 Å².